The van der Waals surface area contributed by atoms with Crippen molar-refractivity contribution in [1.82, 2.24) is 0 Å². The summed E-state index contributed by atoms with van der Waals surface area (Å²) in [4.78, 5) is 11.8. The SMILES string of the molecule is COc1cc(C(=O)C(C)(C)N)ccc1Cl. The van der Waals surface area contributed by atoms with Gasteiger partial charge in [0.25, 0.3) is 0 Å². The van der Waals surface area contributed by atoms with E-state index in [0.29, 0.717) is 16.3 Å². The van der Waals surface area contributed by atoms with E-state index in [9.17, 15) is 4.79 Å². The highest BCUT2D eigenvalue weighted by atomic mass is 35.5. The molecule has 0 saturated heterocycles. The Labute approximate surface area is 94.2 Å². The molecule has 0 heterocycles. The van der Waals surface area contributed by atoms with Gasteiger partial charge in [0.15, 0.2) is 5.78 Å². The number of hydrogen-bond donors (Lipinski definition) is 1. The molecule has 4 heteroatoms. The van der Waals surface area contributed by atoms with Gasteiger partial charge in [-0.3, -0.25) is 4.79 Å². The number of ketones is 1. The fourth-order valence-corrected chi connectivity index (χ4v) is 1.37. The van der Waals surface area contributed by atoms with Gasteiger partial charge in [0.1, 0.15) is 5.75 Å². The molecule has 0 saturated carbocycles. The molecule has 0 aromatic heterocycles. The highest BCUT2D eigenvalue weighted by Gasteiger charge is 2.24. The summed E-state index contributed by atoms with van der Waals surface area (Å²) in [5, 5.41) is 0.476. The average molecular weight is 228 g/mol. The van der Waals surface area contributed by atoms with Crippen LogP contribution in [-0.4, -0.2) is 18.4 Å². The zero-order valence-corrected chi connectivity index (χ0v) is 9.76. The van der Waals surface area contributed by atoms with E-state index in [1.807, 2.05) is 0 Å². The summed E-state index contributed by atoms with van der Waals surface area (Å²) in [5.74, 6) is 0.337. The molecule has 0 aliphatic heterocycles. The number of methoxy groups -OCH3 is 1. The lowest BCUT2D eigenvalue weighted by Gasteiger charge is -2.17. The Morgan fingerprint density at radius 1 is 1.47 bits per heavy atom. The van der Waals surface area contributed by atoms with E-state index in [2.05, 4.69) is 0 Å². The van der Waals surface area contributed by atoms with E-state index in [4.69, 9.17) is 22.1 Å². The van der Waals surface area contributed by atoms with Crippen molar-refractivity contribution in [2.24, 2.45) is 5.73 Å². The van der Waals surface area contributed by atoms with Crippen LogP contribution in [0, 0.1) is 0 Å². The lowest BCUT2D eigenvalue weighted by atomic mass is 9.94. The fraction of sp³-hybridized carbons (Fsp3) is 0.364. The Hall–Kier alpha value is -1.06. The van der Waals surface area contributed by atoms with E-state index >= 15 is 0 Å². The van der Waals surface area contributed by atoms with E-state index in [1.54, 1.807) is 32.0 Å². The second kappa shape index (κ2) is 4.21. The average Bonchev–Trinajstić information content (AvgIpc) is 2.16. The van der Waals surface area contributed by atoms with Crippen LogP contribution >= 0.6 is 11.6 Å². The molecule has 0 atom stereocenters. The first kappa shape index (κ1) is 12.0. The minimum atomic E-state index is -0.890. The molecule has 2 N–H and O–H groups in total. The van der Waals surface area contributed by atoms with Gasteiger partial charge in [-0.25, -0.2) is 0 Å². The molecule has 0 bridgehead atoms. The van der Waals surface area contributed by atoms with Crippen LogP contribution in [0.4, 0.5) is 0 Å². The van der Waals surface area contributed by atoms with Crippen LogP contribution in [0.25, 0.3) is 0 Å². The van der Waals surface area contributed by atoms with E-state index in [0.717, 1.165) is 0 Å². The number of halogens is 1. The van der Waals surface area contributed by atoms with Crippen molar-refractivity contribution >= 4 is 17.4 Å². The number of nitrogens with two attached hydrogens (primary N) is 1. The molecule has 0 spiro atoms. The van der Waals surface area contributed by atoms with Crippen LogP contribution < -0.4 is 10.5 Å². The molecule has 15 heavy (non-hydrogen) atoms. The molecule has 1 rings (SSSR count). The quantitative estimate of drug-likeness (QED) is 0.806. The number of hydrogen-bond acceptors (Lipinski definition) is 3. The van der Waals surface area contributed by atoms with Gasteiger partial charge in [-0.2, -0.15) is 0 Å². The molecule has 0 unspecified atom stereocenters. The van der Waals surface area contributed by atoms with Crippen molar-refractivity contribution < 1.29 is 9.53 Å². The van der Waals surface area contributed by atoms with Gasteiger partial charge >= 0.3 is 0 Å². The van der Waals surface area contributed by atoms with Crippen LogP contribution in [0.5, 0.6) is 5.75 Å². The summed E-state index contributed by atoms with van der Waals surface area (Å²) in [5.41, 5.74) is 5.33. The minimum absolute atomic E-state index is 0.141. The predicted octanol–water partition coefficient (Wildman–Crippen LogP) is 2.27. The second-order valence-corrected chi connectivity index (χ2v) is 4.31. The van der Waals surface area contributed by atoms with Crippen molar-refractivity contribution in [2.75, 3.05) is 7.11 Å². The van der Waals surface area contributed by atoms with Crippen LogP contribution in [0.3, 0.4) is 0 Å². The topological polar surface area (TPSA) is 52.3 Å². The standard InChI is InChI=1S/C11H14ClNO2/c1-11(2,13)10(14)7-4-5-8(12)9(6-7)15-3/h4-6H,13H2,1-3H3. The molecule has 0 radical (unpaired) electrons. The summed E-state index contributed by atoms with van der Waals surface area (Å²) in [6.07, 6.45) is 0. The van der Waals surface area contributed by atoms with Gasteiger partial charge in [0.2, 0.25) is 0 Å². The lowest BCUT2D eigenvalue weighted by Crippen LogP contribution is -2.41. The Kier molecular flexibility index (Phi) is 3.37. The molecule has 0 amide bonds. The maximum Gasteiger partial charge on any atom is 0.182 e. The van der Waals surface area contributed by atoms with E-state index in [1.165, 1.54) is 7.11 Å². The molecular weight excluding hydrogens is 214 g/mol. The maximum atomic E-state index is 11.8. The summed E-state index contributed by atoms with van der Waals surface area (Å²) in [7, 11) is 1.50. The van der Waals surface area contributed by atoms with Crippen LogP contribution in [0.2, 0.25) is 5.02 Å². The third-order valence-electron chi connectivity index (χ3n) is 2.00. The van der Waals surface area contributed by atoms with Gasteiger partial charge in [-0.05, 0) is 32.0 Å². The van der Waals surface area contributed by atoms with Crippen LogP contribution in [-0.2, 0) is 0 Å². The van der Waals surface area contributed by atoms with Crippen molar-refractivity contribution in [2.45, 2.75) is 19.4 Å². The third-order valence-corrected chi connectivity index (χ3v) is 2.31. The third kappa shape index (κ3) is 2.70. The van der Waals surface area contributed by atoms with Gasteiger partial charge in [0, 0.05) is 5.56 Å². The summed E-state index contributed by atoms with van der Waals surface area (Å²) >= 11 is 5.85. The van der Waals surface area contributed by atoms with E-state index < -0.39 is 5.54 Å². The zero-order valence-electron chi connectivity index (χ0n) is 9.00. The largest absolute Gasteiger partial charge is 0.495 e. The van der Waals surface area contributed by atoms with Gasteiger partial charge < -0.3 is 10.5 Å². The van der Waals surface area contributed by atoms with Gasteiger partial charge in [0.05, 0.1) is 17.7 Å². The number of Topliss-reactive ketones (excluding diaryl/α,β-unsaturated/α-hetero) is 1. The Morgan fingerprint density at radius 2 is 2.07 bits per heavy atom. The van der Waals surface area contributed by atoms with Crippen molar-refractivity contribution in [3.63, 3.8) is 0 Å². The molecule has 1 aromatic rings. The number of carbonyl (C=O) groups excluding carboxylic acids is 1. The van der Waals surface area contributed by atoms with Crippen LogP contribution in [0.15, 0.2) is 18.2 Å². The summed E-state index contributed by atoms with van der Waals surface area (Å²) < 4.78 is 5.02. The molecule has 0 aliphatic rings. The highest BCUT2D eigenvalue weighted by Crippen LogP contribution is 2.26. The Balaban J connectivity index is 3.12. The zero-order chi connectivity index (χ0) is 11.6. The molecule has 82 valence electrons. The smallest absolute Gasteiger partial charge is 0.182 e. The molecule has 1 aromatic carbocycles. The fourth-order valence-electron chi connectivity index (χ4n) is 1.17. The predicted molar refractivity (Wildman–Crippen MR) is 60.6 cm³/mol. The number of benzene rings is 1. The van der Waals surface area contributed by atoms with Crippen molar-refractivity contribution in [1.29, 1.82) is 0 Å². The Bertz CT molecular complexity index is 383. The van der Waals surface area contributed by atoms with Crippen molar-refractivity contribution in [3.05, 3.63) is 28.8 Å². The van der Waals surface area contributed by atoms with Crippen molar-refractivity contribution in [3.8, 4) is 5.75 Å². The van der Waals surface area contributed by atoms with Crippen LogP contribution in [0.1, 0.15) is 24.2 Å². The molecule has 0 fully saturated rings. The lowest BCUT2D eigenvalue weighted by molar-refractivity contribution is 0.0913. The number of rotatable bonds is 3. The summed E-state index contributed by atoms with van der Waals surface area (Å²) in [6, 6.07) is 4.86. The highest BCUT2D eigenvalue weighted by molar-refractivity contribution is 6.32. The molecular formula is C11H14ClNO2. The monoisotopic (exact) mass is 227 g/mol. The number of carbonyl (C=O) groups is 1. The van der Waals surface area contributed by atoms with Gasteiger partial charge in [-0.15, -0.1) is 0 Å². The van der Waals surface area contributed by atoms with E-state index in [-0.39, 0.29) is 5.78 Å². The van der Waals surface area contributed by atoms with Gasteiger partial charge in [-0.1, -0.05) is 11.6 Å². The molecule has 3 nitrogen and oxygen atoms in total. The summed E-state index contributed by atoms with van der Waals surface area (Å²) in [6.45, 7) is 3.33. The first-order valence-corrected chi connectivity index (χ1v) is 4.91. The number of ether oxygens (including phenoxy) is 1. The molecule has 0 aliphatic carbocycles. The maximum absolute atomic E-state index is 11.8. The first-order chi connectivity index (χ1) is 6.86. The minimum Gasteiger partial charge on any atom is -0.495 e. The normalized spacial score (nSPS) is 11.3. The second-order valence-electron chi connectivity index (χ2n) is 3.90. The Morgan fingerprint density at radius 3 is 2.53 bits per heavy atom. The first-order valence-electron chi connectivity index (χ1n) is 4.53.